The van der Waals surface area contributed by atoms with E-state index in [1.165, 1.54) is 5.57 Å². The Morgan fingerprint density at radius 1 is 1.53 bits per heavy atom. The predicted octanol–water partition coefficient (Wildman–Crippen LogP) is 2.51. The second kappa shape index (κ2) is 4.78. The van der Waals surface area contributed by atoms with Crippen LogP contribution in [0.3, 0.4) is 0 Å². The fourth-order valence-corrected chi connectivity index (χ4v) is 1.65. The molecule has 1 N–H and O–H groups in total. The molecule has 1 unspecified atom stereocenters. The molecule has 1 saturated carbocycles. The summed E-state index contributed by atoms with van der Waals surface area (Å²) in [6, 6.07) is 0.160. The minimum Gasteiger partial charge on any atom is -0.349 e. The van der Waals surface area contributed by atoms with E-state index in [1.807, 2.05) is 6.08 Å². The summed E-state index contributed by atoms with van der Waals surface area (Å²) in [7, 11) is 0. The molecule has 0 spiro atoms. The van der Waals surface area contributed by atoms with E-state index in [1.54, 1.807) is 13.0 Å². The Bertz CT molecular complexity index is 350. The van der Waals surface area contributed by atoms with E-state index in [-0.39, 0.29) is 11.9 Å². The highest BCUT2D eigenvalue weighted by Crippen LogP contribution is 2.29. The smallest absolute Gasteiger partial charge is 0.246 e. The van der Waals surface area contributed by atoms with Gasteiger partial charge in [-0.15, -0.1) is 0 Å². The van der Waals surface area contributed by atoms with Crippen LogP contribution in [-0.4, -0.2) is 11.9 Å². The van der Waals surface area contributed by atoms with E-state index in [2.05, 4.69) is 25.1 Å². The minimum atomic E-state index is -0.0762. The molecule has 1 aliphatic carbocycles. The highest BCUT2D eigenvalue weighted by Gasteiger charge is 2.23. The van der Waals surface area contributed by atoms with Crippen molar-refractivity contribution in [2.24, 2.45) is 0 Å². The van der Waals surface area contributed by atoms with E-state index in [9.17, 15) is 4.79 Å². The van der Waals surface area contributed by atoms with Crippen molar-refractivity contribution in [1.82, 2.24) is 5.32 Å². The number of carbonyl (C=O) groups is 1. The Morgan fingerprint density at radius 3 is 2.73 bits per heavy atom. The third kappa shape index (κ3) is 2.94. The van der Waals surface area contributed by atoms with Crippen LogP contribution in [0.4, 0.5) is 0 Å². The highest BCUT2D eigenvalue weighted by molar-refractivity contribution is 5.92. The van der Waals surface area contributed by atoms with E-state index >= 15 is 0 Å². The average molecular weight is 203 g/mol. The second-order valence-corrected chi connectivity index (χ2v) is 3.89. The van der Waals surface area contributed by atoms with Gasteiger partial charge in [-0.2, -0.15) is 0 Å². The van der Waals surface area contributed by atoms with Crippen LogP contribution in [0.2, 0.25) is 0 Å². The van der Waals surface area contributed by atoms with Crippen molar-refractivity contribution in [1.29, 1.82) is 0 Å². The summed E-state index contributed by atoms with van der Waals surface area (Å²) < 4.78 is 0. The molecule has 1 fully saturated rings. The van der Waals surface area contributed by atoms with Gasteiger partial charge in [0.25, 0.3) is 0 Å². The summed E-state index contributed by atoms with van der Waals surface area (Å²) in [5.41, 5.74) is 2.81. The van der Waals surface area contributed by atoms with E-state index in [0.717, 1.165) is 18.4 Å². The van der Waals surface area contributed by atoms with Crippen LogP contribution in [0.1, 0.15) is 19.8 Å². The lowest BCUT2D eigenvalue weighted by Gasteiger charge is -2.10. The van der Waals surface area contributed by atoms with Crippen LogP contribution in [0, 0.1) is 0 Å². The van der Waals surface area contributed by atoms with Crippen LogP contribution in [0.15, 0.2) is 48.6 Å². The summed E-state index contributed by atoms with van der Waals surface area (Å²) in [5.74, 6) is -0.0762. The molecule has 2 heteroatoms. The van der Waals surface area contributed by atoms with Crippen LogP contribution in [-0.2, 0) is 4.79 Å². The quantitative estimate of drug-likeness (QED) is 0.701. The summed E-state index contributed by atoms with van der Waals surface area (Å²) in [6.45, 7) is 12.9. The molecule has 1 amide bonds. The first-order valence-electron chi connectivity index (χ1n) is 5.00. The van der Waals surface area contributed by atoms with E-state index in [0.29, 0.717) is 5.57 Å². The summed E-state index contributed by atoms with van der Waals surface area (Å²) >= 11 is 0. The standard InChI is InChI=1S/C13H17NO/c1-5-6-11-8-12(7-10(11)4)14-13(15)9(2)3/h5-6,12H,1-2,4,7-8H2,3H3,(H,14,15)/b11-6-. The van der Waals surface area contributed by atoms with Gasteiger partial charge < -0.3 is 5.32 Å². The van der Waals surface area contributed by atoms with Gasteiger partial charge in [-0.05, 0) is 30.9 Å². The van der Waals surface area contributed by atoms with Gasteiger partial charge in [0.2, 0.25) is 5.91 Å². The molecule has 0 heterocycles. The van der Waals surface area contributed by atoms with Crippen molar-refractivity contribution in [3.8, 4) is 0 Å². The second-order valence-electron chi connectivity index (χ2n) is 3.89. The topological polar surface area (TPSA) is 29.1 Å². The molecule has 15 heavy (non-hydrogen) atoms. The highest BCUT2D eigenvalue weighted by atomic mass is 16.1. The Balaban J connectivity index is 2.59. The maximum atomic E-state index is 11.4. The first-order chi connectivity index (χ1) is 7.04. The Morgan fingerprint density at radius 2 is 2.20 bits per heavy atom. The molecule has 80 valence electrons. The summed E-state index contributed by atoms with van der Waals surface area (Å²) in [6.07, 6.45) is 5.36. The molecule has 2 nitrogen and oxygen atoms in total. The Kier molecular flexibility index (Phi) is 3.67. The lowest BCUT2D eigenvalue weighted by atomic mass is 10.1. The van der Waals surface area contributed by atoms with Crippen molar-refractivity contribution in [3.05, 3.63) is 48.6 Å². The first-order valence-corrected chi connectivity index (χ1v) is 5.00. The number of carbonyl (C=O) groups excluding carboxylic acids is 1. The summed E-state index contributed by atoms with van der Waals surface area (Å²) in [5, 5.41) is 2.92. The predicted molar refractivity (Wildman–Crippen MR) is 63.4 cm³/mol. The maximum Gasteiger partial charge on any atom is 0.246 e. The molecule has 0 aromatic carbocycles. The molecule has 0 aromatic heterocycles. The number of rotatable bonds is 3. The van der Waals surface area contributed by atoms with E-state index in [4.69, 9.17) is 0 Å². The zero-order valence-corrected chi connectivity index (χ0v) is 9.18. The van der Waals surface area contributed by atoms with Crippen molar-refractivity contribution in [2.45, 2.75) is 25.8 Å². The molecular weight excluding hydrogens is 186 g/mol. The SMILES string of the molecule is C=C/C=C1/CC(NC(=O)C(=C)C)CC1=C. The Labute approximate surface area is 91.1 Å². The molecule has 0 bridgehead atoms. The maximum absolute atomic E-state index is 11.4. The molecule has 0 saturated heterocycles. The number of hydrogen-bond acceptors (Lipinski definition) is 1. The van der Waals surface area contributed by atoms with Gasteiger partial charge in [-0.1, -0.05) is 31.9 Å². The Hall–Kier alpha value is -1.57. The van der Waals surface area contributed by atoms with Gasteiger partial charge in [-0.25, -0.2) is 0 Å². The van der Waals surface area contributed by atoms with Gasteiger partial charge in [0.15, 0.2) is 0 Å². The number of amides is 1. The zero-order valence-electron chi connectivity index (χ0n) is 9.18. The zero-order chi connectivity index (χ0) is 11.4. The summed E-state index contributed by atoms with van der Waals surface area (Å²) in [4.78, 5) is 11.4. The molecule has 0 aromatic rings. The minimum absolute atomic E-state index is 0.0762. The normalized spacial score (nSPS) is 22.9. The molecule has 0 aliphatic heterocycles. The van der Waals surface area contributed by atoms with Crippen LogP contribution in [0.5, 0.6) is 0 Å². The number of hydrogen-bond donors (Lipinski definition) is 1. The van der Waals surface area contributed by atoms with Crippen molar-refractivity contribution in [2.75, 3.05) is 0 Å². The number of allylic oxidation sites excluding steroid dienone is 2. The van der Waals surface area contributed by atoms with Gasteiger partial charge in [0.05, 0.1) is 0 Å². The van der Waals surface area contributed by atoms with Gasteiger partial charge in [-0.3, -0.25) is 4.79 Å². The van der Waals surface area contributed by atoms with Crippen LogP contribution in [0.25, 0.3) is 0 Å². The first kappa shape index (κ1) is 11.5. The average Bonchev–Trinajstić information content (AvgIpc) is 2.47. The fraction of sp³-hybridized carbons (Fsp3) is 0.308. The number of nitrogens with one attached hydrogen (secondary N) is 1. The van der Waals surface area contributed by atoms with Gasteiger partial charge in [0.1, 0.15) is 0 Å². The fourth-order valence-electron chi connectivity index (χ4n) is 1.65. The molecule has 1 rings (SSSR count). The molecular formula is C13H17NO. The van der Waals surface area contributed by atoms with Crippen LogP contribution >= 0.6 is 0 Å². The molecule has 1 atom stereocenters. The largest absolute Gasteiger partial charge is 0.349 e. The van der Waals surface area contributed by atoms with Gasteiger partial charge in [0, 0.05) is 11.6 Å². The molecule has 1 aliphatic rings. The van der Waals surface area contributed by atoms with Crippen molar-refractivity contribution in [3.63, 3.8) is 0 Å². The lowest BCUT2D eigenvalue weighted by molar-refractivity contribution is -0.118. The third-order valence-corrected chi connectivity index (χ3v) is 2.46. The van der Waals surface area contributed by atoms with E-state index < -0.39 is 0 Å². The van der Waals surface area contributed by atoms with Crippen LogP contribution < -0.4 is 5.32 Å². The lowest BCUT2D eigenvalue weighted by Crippen LogP contribution is -2.32. The third-order valence-electron chi connectivity index (χ3n) is 2.46. The van der Waals surface area contributed by atoms with Crippen molar-refractivity contribution < 1.29 is 4.79 Å². The van der Waals surface area contributed by atoms with Crippen molar-refractivity contribution >= 4 is 5.91 Å². The monoisotopic (exact) mass is 203 g/mol. The molecule has 0 radical (unpaired) electrons. The van der Waals surface area contributed by atoms with Gasteiger partial charge >= 0.3 is 0 Å².